The minimum Gasteiger partial charge on any atom is -0.327 e. The molecule has 0 aliphatic heterocycles. The second kappa shape index (κ2) is 16.2. The van der Waals surface area contributed by atoms with Crippen LogP contribution in [0, 0.1) is 11.8 Å². The highest BCUT2D eigenvalue weighted by Crippen LogP contribution is 2.07. The lowest BCUT2D eigenvalue weighted by Gasteiger charge is -2.16. The molecular weight excluding hydrogens is 260 g/mol. The third kappa shape index (κ3) is 19.8. The molecule has 2 atom stereocenters. The molecular formula is C17H42N4. The van der Waals surface area contributed by atoms with Crippen LogP contribution in [-0.4, -0.2) is 57.8 Å². The van der Waals surface area contributed by atoms with E-state index in [-0.39, 0.29) is 6.04 Å². The molecule has 0 spiro atoms. The number of hydrogen-bond donors (Lipinski definition) is 3. The fourth-order valence-corrected chi connectivity index (χ4v) is 1.62. The van der Waals surface area contributed by atoms with Crippen molar-refractivity contribution in [2.24, 2.45) is 17.6 Å². The van der Waals surface area contributed by atoms with Crippen molar-refractivity contribution in [1.82, 2.24) is 15.5 Å². The van der Waals surface area contributed by atoms with Crippen LogP contribution in [0.1, 0.15) is 47.5 Å². The van der Waals surface area contributed by atoms with Gasteiger partial charge in [0, 0.05) is 25.7 Å². The zero-order valence-electron chi connectivity index (χ0n) is 15.7. The Kier molecular flexibility index (Phi) is 17.8. The number of nitrogens with two attached hydrogens (primary N) is 1. The minimum atomic E-state index is 0.273. The van der Waals surface area contributed by atoms with Gasteiger partial charge in [0.25, 0.3) is 0 Å². The summed E-state index contributed by atoms with van der Waals surface area (Å²) in [7, 11) is 4.17. The Hall–Kier alpha value is -0.160. The zero-order valence-corrected chi connectivity index (χ0v) is 15.7. The zero-order chi connectivity index (χ0) is 16.7. The van der Waals surface area contributed by atoms with Crippen molar-refractivity contribution in [1.29, 1.82) is 0 Å². The van der Waals surface area contributed by atoms with E-state index in [1.54, 1.807) is 0 Å². The molecule has 0 saturated heterocycles. The lowest BCUT2D eigenvalue weighted by molar-refractivity contribution is 0.329. The number of likely N-dealkylation sites (N-methyl/N-ethyl adjacent to an activating group) is 2. The fourth-order valence-electron chi connectivity index (χ4n) is 1.62. The summed E-state index contributed by atoms with van der Waals surface area (Å²) >= 11 is 0. The molecule has 2 unspecified atom stereocenters. The van der Waals surface area contributed by atoms with Crippen molar-refractivity contribution in [3.05, 3.63) is 0 Å². The summed E-state index contributed by atoms with van der Waals surface area (Å²) in [5.74, 6) is 1.50. The predicted molar refractivity (Wildman–Crippen MR) is 96.9 cm³/mol. The molecule has 0 aromatic heterocycles. The van der Waals surface area contributed by atoms with Crippen molar-refractivity contribution in [2.45, 2.75) is 53.5 Å². The maximum Gasteiger partial charge on any atom is 0.0136 e. The highest BCUT2D eigenvalue weighted by molar-refractivity contribution is 4.63. The van der Waals surface area contributed by atoms with Crippen LogP contribution in [0.5, 0.6) is 0 Å². The summed E-state index contributed by atoms with van der Waals surface area (Å²) in [4.78, 5) is 2.36. The van der Waals surface area contributed by atoms with Crippen molar-refractivity contribution in [3.8, 4) is 0 Å². The largest absolute Gasteiger partial charge is 0.327 e. The van der Waals surface area contributed by atoms with Gasteiger partial charge in [-0.1, -0.05) is 34.1 Å². The summed E-state index contributed by atoms with van der Waals surface area (Å²) in [6, 6.07) is 0.273. The molecule has 4 nitrogen and oxygen atoms in total. The van der Waals surface area contributed by atoms with E-state index in [1.807, 2.05) is 14.0 Å². The average molecular weight is 303 g/mol. The van der Waals surface area contributed by atoms with Gasteiger partial charge in [-0.15, -0.1) is 0 Å². The smallest absolute Gasteiger partial charge is 0.0136 e. The van der Waals surface area contributed by atoms with E-state index in [0.717, 1.165) is 38.0 Å². The van der Waals surface area contributed by atoms with Gasteiger partial charge in [0.1, 0.15) is 0 Å². The Bertz CT molecular complexity index is 187. The van der Waals surface area contributed by atoms with Crippen LogP contribution in [0.15, 0.2) is 0 Å². The Balaban J connectivity index is 0. The van der Waals surface area contributed by atoms with Crippen molar-refractivity contribution < 1.29 is 0 Å². The van der Waals surface area contributed by atoms with Crippen LogP contribution in [-0.2, 0) is 0 Å². The van der Waals surface area contributed by atoms with Crippen molar-refractivity contribution in [2.75, 3.05) is 46.8 Å². The molecule has 0 aromatic carbocycles. The topological polar surface area (TPSA) is 53.3 Å². The highest BCUT2D eigenvalue weighted by Gasteiger charge is 2.05. The lowest BCUT2D eigenvalue weighted by atomic mass is 9.98. The molecule has 0 amide bonds. The Morgan fingerprint density at radius 3 is 2.10 bits per heavy atom. The predicted octanol–water partition coefficient (Wildman–Crippen LogP) is 2.15. The van der Waals surface area contributed by atoms with Gasteiger partial charge in [-0.2, -0.15) is 0 Å². The van der Waals surface area contributed by atoms with Gasteiger partial charge in [-0.05, 0) is 52.4 Å². The molecule has 0 radical (unpaired) electrons. The normalized spacial score (nSPS) is 14.0. The van der Waals surface area contributed by atoms with E-state index in [1.165, 1.54) is 19.4 Å². The quantitative estimate of drug-likeness (QED) is 0.547. The third-order valence-electron chi connectivity index (χ3n) is 3.71. The van der Waals surface area contributed by atoms with Crippen LogP contribution in [0.2, 0.25) is 0 Å². The molecule has 0 aliphatic rings. The van der Waals surface area contributed by atoms with E-state index >= 15 is 0 Å². The first-order valence-electron chi connectivity index (χ1n) is 8.64. The summed E-state index contributed by atoms with van der Waals surface area (Å²) in [5.41, 5.74) is 5.59. The molecule has 4 N–H and O–H groups in total. The molecule has 0 rings (SSSR count). The van der Waals surface area contributed by atoms with Crippen LogP contribution in [0.4, 0.5) is 0 Å². The first-order valence-corrected chi connectivity index (χ1v) is 8.64. The summed E-state index contributed by atoms with van der Waals surface area (Å²) in [6.07, 6.45) is 2.62. The number of nitrogens with one attached hydrogen (secondary N) is 2. The summed E-state index contributed by atoms with van der Waals surface area (Å²) in [6.45, 7) is 16.5. The second-order valence-electron chi connectivity index (χ2n) is 6.62. The number of rotatable bonds is 11. The third-order valence-corrected chi connectivity index (χ3v) is 3.71. The van der Waals surface area contributed by atoms with Gasteiger partial charge in [0.2, 0.25) is 0 Å². The van der Waals surface area contributed by atoms with E-state index in [2.05, 4.69) is 50.3 Å². The first kappa shape index (κ1) is 23.1. The number of unbranched alkanes of at least 4 members (excludes halogenated alkanes) is 1. The lowest BCUT2D eigenvalue weighted by Crippen LogP contribution is -2.34. The monoisotopic (exact) mass is 302 g/mol. The molecule has 4 heteroatoms. The van der Waals surface area contributed by atoms with E-state index in [0.29, 0.717) is 0 Å². The summed E-state index contributed by atoms with van der Waals surface area (Å²) < 4.78 is 0. The molecule has 0 aliphatic carbocycles. The van der Waals surface area contributed by atoms with Crippen LogP contribution >= 0.6 is 0 Å². The van der Waals surface area contributed by atoms with Crippen LogP contribution in [0.25, 0.3) is 0 Å². The van der Waals surface area contributed by atoms with Gasteiger partial charge in [0.15, 0.2) is 0 Å². The first-order chi connectivity index (χ1) is 9.84. The highest BCUT2D eigenvalue weighted by atomic mass is 15.1. The summed E-state index contributed by atoms with van der Waals surface area (Å²) in [5, 5.41) is 6.47. The van der Waals surface area contributed by atoms with Crippen LogP contribution < -0.4 is 16.4 Å². The van der Waals surface area contributed by atoms with Crippen molar-refractivity contribution in [3.63, 3.8) is 0 Å². The number of hydrogen-bond acceptors (Lipinski definition) is 4. The Morgan fingerprint density at radius 2 is 1.67 bits per heavy atom. The maximum atomic E-state index is 5.59. The molecule has 0 saturated carbocycles. The molecule has 0 aromatic rings. The molecule has 0 heterocycles. The molecule has 0 fully saturated rings. The SMILES string of the molecule is CC(N)CNCC(C)C(C)C.CCCCN(C)CCNC. The Morgan fingerprint density at radius 1 is 1.05 bits per heavy atom. The molecule has 21 heavy (non-hydrogen) atoms. The standard InChI is InChI=1S/C9H22N2.C8H20N2/c1-7(2)8(3)5-11-6-9(4)10;1-4-5-7-10(3)8-6-9-2/h7-9,11H,5-6,10H2,1-4H3;9H,4-8H2,1-3H3. The van der Waals surface area contributed by atoms with Gasteiger partial charge >= 0.3 is 0 Å². The van der Waals surface area contributed by atoms with Crippen LogP contribution in [0.3, 0.4) is 0 Å². The van der Waals surface area contributed by atoms with Crippen molar-refractivity contribution >= 4 is 0 Å². The maximum absolute atomic E-state index is 5.59. The second-order valence-corrected chi connectivity index (χ2v) is 6.62. The molecule has 130 valence electrons. The average Bonchev–Trinajstić information content (AvgIpc) is 2.42. The van der Waals surface area contributed by atoms with Gasteiger partial charge in [-0.25, -0.2) is 0 Å². The number of nitrogens with zero attached hydrogens (tertiary/aromatic N) is 1. The van der Waals surface area contributed by atoms with E-state index in [4.69, 9.17) is 5.73 Å². The fraction of sp³-hybridized carbons (Fsp3) is 1.00. The van der Waals surface area contributed by atoms with Gasteiger partial charge < -0.3 is 21.3 Å². The Labute approximate surface area is 134 Å². The minimum absolute atomic E-state index is 0.273. The van der Waals surface area contributed by atoms with Gasteiger partial charge in [-0.3, -0.25) is 0 Å². The molecule has 0 bridgehead atoms. The van der Waals surface area contributed by atoms with Gasteiger partial charge in [0.05, 0.1) is 0 Å². The van der Waals surface area contributed by atoms with E-state index in [9.17, 15) is 0 Å². The van der Waals surface area contributed by atoms with E-state index < -0.39 is 0 Å².